The molecule has 0 rings (SSSR count). The minimum atomic E-state index is 0. The normalized spacial score (nSPS) is 11.8. The van der Waals surface area contributed by atoms with Crippen LogP contribution in [0.25, 0.3) is 0 Å². The molecule has 0 aromatic rings. The highest BCUT2D eigenvalue weighted by Gasteiger charge is 2.03. The molecule has 86 valence electrons. The lowest BCUT2D eigenvalue weighted by atomic mass is 10.2. The van der Waals surface area contributed by atoms with E-state index in [2.05, 4.69) is 36.6 Å². The fraction of sp³-hybridized carbons (Fsp3) is 0.889. The van der Waals surface area contributed by atoms with Crippen molar-refractivity contribution < 1.29 is 0 Å². The largest absolute Gasteiger partial charge is 0.363 e. The predicted octanol–water partition coefficient (Wildman–Crippen LogP) is 1.23. The maximum atomic E-state index is 5.07. The molecular formula is C9H22ClN3S. The van der Waals surface area contributed by atoms with Gasteiger partial charge in [0.15, 0.2) is 5.11 Å². The first-order valence-corrected chi connectivity index (χ1v) is 5.16. The quantitative estimate of drug-likeness (QED) is 0.706. The summed E-state index contributed by atoms with van der Waals surface area (Å²) in [6.45, 7) is 6.15. The third kappa shape index (κ3) is 10.0. The molecule has 3 nitrogen and oxygen atoms in total. The Bertz CT molecular complexity index is 153. The summed E-state index contributed by atoms with van der Waals surface area (Å²) >= 11 is 5.07. The molecule has 0 aromatic heterocycles. The lowest BCUT2D eigenvalue weighted by Crippen LogP contribution is -2.41. The van der Waals surface area contributed by atoms with Crippen LogP contribution in [0.15, 0.2) is 0 Å². The molecule has 14 heavy (non-hydrogen) atoms. The van der Waals surface area contributed by atoms with Crippen molar-refractivity contribution in [2.75, 3.05) is 27.2 Å². The fourth-order valence-corrected chi connectivity index (χ4v) is 1.30. The third-order valence-corrected chi connectivity index (χ3v) is 1.99. The van der Waals surface area contributed by atoms with Gasteiger partial charge in [-0.25, -0.2) is 0 Å². The van der Waals surface area contributed by atoms with E-state index < -0.39 is 0 Å². The summed E-state index contributed by atoms with van der Waals surface area (Å²) in [7, 11) is 4.16. The van der Waals surface area contributed by atoms with E-state index in [0.29, 0.717) is 6.04 Å². The first kappa shape index (κ1) is 16.4. The van der Waals surface area contributed by atoms with Gasteiger partial charge in [0.2, 0.25) is 0 Å². The first-order chi connectivity index (χ1) is 6.06. The Labute approximate surface area is 99.0 Å². The van der Waals surface area contributed by atoms with Gasteiger partial charge < -0.3 is 15.5 Å². The Hall–Kier alpha value is -0.0600. The van der Waals surface area contributed by atoms with Gasteiger partial charge >= 0.3 is 0 Å². The lowest BCUT2D eigenvalue weighted by Gasteiger charge is -2.18. The highest BCUT2D eigenvalue weighted by atomic mass is 35.5. The molecule has 0 saturated carbocycles. The highest BCUT2D eigenvalue weighted by molar-refractivity contribution is 7.80. The molecule has 1 atom stereocenters. The van der Waals surface area contributed by atoms with Crippen LogP contribution in [0.2, 0.25) is 0 Å². The molecule has 0 radical (unpaired) electrons. The zero-order chi connectivity index (χ0) is 10.3. The van der Waals surface area contributed by atoms with E-state index in [9.17, 15) is 0 Å². The van der Waals surface area contributed by atoms with Crippen molar-refractivity contribution in [2.24, 2.45) is 0 Å². The van der Waals surface area contributed by atoms with Gasteiger partial charge in [0.25, 0.3) is 0 Å². The summed E-state index contributed by atoms with van der Waals surface area (Å²) in [5.41, 5.74) is 0. The summed E-state index contributed by atoms with van der Waals surface area (Å²) in [5.74, 6) is 0. The molecule has 0 bridgehead atoms. The van der Waals surface area contributed by atoms with Crippen molar-refractivity contribution in [1.29, 1.82) is 0 Å². The second-order valence-corrected chi connectivity index (χ2v) is 3.91. The maximum absolute atomic E-state index is 5.07. The first-order valence-electron chi connectivity index (χ1n) is 4.75. The van der Waals surface area contributed by atoms with E-state index in [-0.39, 0.29) is 12.4 Å². The molecular weight excluding hydrogens is 218 g/mol. The van der Waals surface area contributed by atoms with E-state index in [1.165, 1.54) is 0 Å². The van der Waals surface area contributed by atoms with E-state index >= 15 is 0 Å². The van der Waals surface area contributed by atoms with Gasteiger partial charge in [-0.05, 0) is 53.1 Å². The molecule has 0 aromatic carbocycles. The lowest BCUT2D eigenvalue weighted by molar-refractivity contribution is 0.378. The van der Waals surface area contributed by atoms with Crippen molar-refractivity contribution in [3.8, 4) is 0 Å². The van der Waals surface area contributed by atoms with Gasteiger partial charge in [-0.3, -0.25) is 0 Å². The minimum absolute atomic E-state index is 0. The number of halogens is 1. The number of thiocarbonyl (C=S) groups is 1. The number of rotatable bonds is 5. The monoisotopic (exact) mass is 239 g/mol. The summed E-state index contributed by atoms with van der Waals surface area (Å²) < 4.78 is 0. The molecule has 0 aliphatic rings. The van der Waals surface area contributed by atoms with Crippen LogP contribution >= 0.6 is 24.6 Å². The second-order valence-electron chi connectivity index (χ2n) is 3.50. The molecule has 0 fully saturated rings. The smallest absolute Gasteiger partial charge is 0.166 e. The summed E-state index contributed by atoms with van der Waals surface area (Å²) in [5, 5.41) is 7.06. The standard InChI is InChI=1S/C9H21N3S.ClH/c1-5-10-9(13)11-8(2)6-7-12(3)4;/h8H,5-7H2,1-4H3,(H2,10,11,13);1H. The van der Waals surface area contributed by atoms with E-state index in [0.717, 1.165) is 24.6 Å². The van der Waals surface area contributed by atoms with Gasteiger partial charge in [0, 0.05) is 12.6 Å². The SMILES string of the molecule is CCNC(=S)NC(C)CCN(C)C.Cl. The average molecular weight is 240 g/mol. The number of hydrogen-bond donors (Lipinski definition) is 2. The van der Waals surface area contributed by atoms with E-state index in [4.69, 9.17) is 12.2 Å². The van der Waals surface area contributed by atoms with Crippen LogP contribution in [-0.4, -0.2) is 43.2 Å². The van der Waals surface area contributed by atoms with Crippen molar-refractivity contribution >= 4 is 29.7 Å². The van der Waals surface area contributed by atoms with Crippen LogP contribution in [0.4, 0.5) is 0 Å². The molecule has 0 saturated heterocycles. The van der Waals surface area contributed by atoms with Crippen molar-refractivity contribution in [2.45, 2.75) is 26.3 Å². The fourth-order valence-electron chi connectivity index (χ4n) is 0.959. The average Bonchev–Trinajstić information content (AvgIpc) is 2.01. The van der Waals surface area contributed by atoms with Crippen LogP contribution < -0.4 is 10.6 Å². The molecule has 2 N–H and O–H groups in total. The van der Waals surface area contributed by atoms with Crippen molar-refractivity contribution in [3.63, 3.8) is 0 Å². The number of hydrogen-bond acceptors (Lipinski definition) is 2. The van der Waals surface area contributed by atoms with Gasteiger partial charge in [0.05, 0.1) is 0 Å². The maximum Gasteiger partial charge on any atom is 0.166 e. The Kier molecular flexibility index (Phi) is 11.1. The Balaban J connectivity index is 0. The molecule has 0 spiro atoms. The molecule has 0 aliphatic carbocycles. The molecule has 5 heteroatoms. The molecule has 0 aliphatic heterocycles. The predicted molar refractivity (Wildman–Crippen MR) is 69.3 cm³/mol. The van der Waals surface area contributed by atoms with Crippen molar-refractivity contribution in [3.05, 3.63) is 0 Å². The minimum Gasteiger partial charge on any atom is -0.363 e. The Morgan fingerprint density at radius 1 is 1.43 bits per heavy atom. The Morgan fingerprint density at radius 2 is 2.00 bits per heavy atom. The zero-order valence-electron chi connectivity index (χ0n) is 9.46. The summed E-state index contributed by atoms with van der Waals surface area (Å²) in [4.78, 5) is 2.18. The molecule has 0 heterocycles. The molecule has 0 amide bonds. The summed E-state index contributed by atoms with van der Waals surface area (Å²) in [6, 6.07) is 0.439. The van der Waals surface area contributed by atoms with Crippen LogP contribution in [0.1, 0.15) is 20.3 Å². The van der Waals surface area contributed by atoms with Crippen LogP contribution in [0, 0.1) is 0 Å². The molecule has 1 unspecified atom stereocenters. The van der Waals surface area contributed by atoms with E-state index in [1.54, 1.807) is 0 Å². The second kappa shape index (κ2) is 9.49. The topological polar surface area (TPSA) is 27.3 Å². The number of nitrogens with zero attached hydrogens (tertiary/aromatic N) is 1. The van der Waals surface area contributed by atoms with Gasteiger partial charge in [0.1, 0.15) is 0 Å². The number of nitrogens with one attached hydrogen (secondary N) is 2. The van der Waals surface area contributed by atoms with Crippen LogP contribution in [-0.2, 0) is 0 Å². The highest BCUT2D eigenvalue weighted by Crippen LogP contribution is 1.91. The van der Waals surface area contributed by atoms with Gasteiger partial charge in [-0.2, -0.15) is 0 Å². The van der Waals surface area contributed by atoms with Gasteiger partial charge in [-0.15, -0.1) is 12.4 Å². The van der Waals surface area contributed by atoms with Crippen LogP contribution in [0.5, 0.6) is 0 Å². The van der Waals surface area contributed by atoms with Gasteiger partial charge in [-0.1, -0.05) is 0 Å². The van der Waals surface area contributed by atoms with Crippen LogP contribution in [0.3, 0.4) is 0 Å². The van der Waals surface area contributed by atoms with E-state index in [1.807, 2.05) is 6.92 Å². The zero-order valence-corrected chi connectivity index (χ0v) is 11.1. The van der Waals surface area contributed by atoms with Crippen molar-refractivity contribution in [1.82, 2.24) is 15.5 Å². The third-order valence-electron chi connectivity index (χ3n) is 1.72. The summed E-state index contributed by atoms with van der Waals surface area (Å²) in [6.07, 6.45) is 1.11. The Morgan fingerprint density at radius 3 is 2.43 bits per heavy atom.